The number of hydrogen-bond acceptors (Lipinski definition) is 2. The predicted octanol–water partition coefficient (Wildman–Crippen LogP) is 2.48. The standard InChI is InChI=1S/C15H18N2O/c1-2-17-11-13(10-16-17)15(18)9-5-7-12-6-3-4-8-14(12)15/h3-4,6,8,10-11,18H,2,5,7,9H2,1H3. The van der Waals surface area contributed by atoms with E-state index in [-0.39, 0.29) is 0 Å². The molecule has 1 aliphatic carbocycles. The van der Waals surface area contributed by atoms with E-state index < -0.39 is 5.60 Å². The Morgan fingerprint density at radius 3 is 3.00 bits per heavy atom. The maximum absolute atomic E-state index is 11.1. The molecule has 2 aromatic rings. The third-order valence-electron chi connectivity index (χ3n) is 3.88. The first kappa shape index (κ1) is 11.5. The Bertz CT molecular complexity index is 561. The van der Waals surface area contributed by atoms with Crippen LogP contribution in [0.4, 0.5) is 0 Å². The molecule has 0 radical (unpaired) electrons. The largest absolute Gasteiger partial charge is 0.380 e. The first-order valence-electron chi connectivity index (χ1n) is 6.58. The third-order valence-corrected chi connectivity index (χ3v) is 3.88. The molecule has 0 amide bonds. The van der Waals surface area contributed by atoms with Gasteiger partial charge in [-0.2, -0.15) is 5.10 Å². The summed E-state index contributed by atoms with van der Waals surface area (Å²) in [6, 6.07) is 8.20. The van der Waals surface area contributed by atoms with E-state index >= 15 is 0 Å². The lowest BCUT2D eigenvalue weighted by molar-refractivity contribution is 0.0615. The first-order valence-corrected chi connectivity index (χ1v) is 6.58. The zero-order chi connectivity index (χ0) is 12.6. The lowest BCUT2D eigenvalue weighted by Gasteiger charge is -2.33. The molecule has 3 nitrogen and oxygen atoms in total. The van der Waals surface area contributed by atoms with E-state index in [0.717, 1.165) is 36.9 Å². The molecule has 18 heavy (non-hydrogen) atoms. The van der Waals surface area contributed by atoms with Crippen molar-refractivity contribution >= 4 is 0 Å². The van der Waals surface area contributed by atoms with Gasteiger partial charge in [0.15, 0.2) is 0 Å². The summed E-state index contributed by atoms with van der Waals surface area (Å²) in [5, 5.41) is 15.3. The van der Waals surface area contributed by atoms with E-state index in [4.69, 9.17) is 0 Å². The summed E-state index contributed by atoms with van der Waals surface area (Å²) < 4.78 is 1.87. The number of hydrogen-bond donors (Lipinski definition) is 1. The van der Waals surface area contributed by atoms with Crippen LogP contribution in [0.2, 0.25) is 0 Å². The molecule has 0 spiro atoms. The predicted molar refractivity (Wildman–Crippen MR) is 70.3 cm³/mol. The second-order valence-corrected chi connectivity index (χ2v) is 4.96. The van der Waals surface area contributed by atoms with Gasteiger partial charge in [-0.3, -0.25) is 4.68 Å². The average Bonchev–Trinajstić information content (AvgIpc) is 2.89. The minimum atomic E-state index is -0.859. The molecular formula is C15H18N2O. The SMILES string of the molecule is CCn1cc(C2(O)CCCc3ccccc32)cn1. The fraction of sp³-hybridized carbons (Fsp3) is 0.400. The number of rotatable bonds is 2. The highest BCUT2D eigenvalue weighted by Crippen LogP contribution is 2.40. The summed E-state index contributed by atoms with van der Waals surface area (Å²) in [6.45, 7) is 2.88. The smallest absolute Gasteiger partial charge is 0.118 e. The van der Waals surface area contributed by atoms with Gasteiger partial charge in [0.25, 0.3) is 0 Å². The van der Waals surface area contributed by atoms with Crippen molar-refractivity contribution in [2.24, 2.45) is 0 Å². The van der Waals surface area contributed by atoms with Crippen LogP contribution in [0.25, 0.3) is 0 Å². The minimum absolute atomic E-state index is 0.777. The van der Waals surface area contributed by atoms with Gasteiger partial charge in [0.2, 0.25) is 0 Å². The molecule has 0 aliphatic heterocycles. The van der Waals surface area contributed by atoms with E-state index in [0.29, 0.717) is 0 Å². The molecule has 3 rings (SSSR count). The van der Waals surface area contributed by atoms with E-state index in [1.807, 2.05) is 29.1 Å². The van der Waals surface area contributed by atoms with Gasteiger partial charge in [-0.05, 0) is 37.3 Å². The van der Waals surface area contributed by atoms with Crippen molar-refractivity contribution in [3.63, 3.8) is 0 Å². The second-order valence-electron chi connectivity index (χ2n) is 4.96. The minimum Gasteiger partial charge on any atom is -0.380 e. The molecule has 1 aromatic heterocycles. The molecule has 0 bridgehead atoms. The lowest BCUT2D eigenvalue weighted by Crippen LogP contribution is -2.31. The van der Waals surface area contributed by atoms with Gasteiger partial charge in [-0.25, -0.2) is 0 Å². The fourth-order valence-electron chi connectivity index (χ4n) is 2.86. The summed E-state index contributed by atoms with van der Waals surface area (Å²) >= 11 is 0. The van der Waals surface area contributed by atoms with E-state index in [1.165, 1.54) is 5.56 Å². The van der Waals surface area contributed by atoms with Gasteiger partial charge in [0.05, 0.1) is 6.20 Å². The highest BCUT2D eigenvalue weighted by atomic mass is 16.3. The van der Waals surface area contributed by atoms with Crippen LogP contribution < -0.4 is 0 Å². The summed E-state index contributed by atoms with van der Waals surface area (Å²) in [4.78, 5) is 0. The van der Waals surface area contributed by atoms with Crippen molar-refractivity contribution < 1.29 is 5.11 Å². The van der Waals surface area contributed by atoms with E-state index in [1.54, 1.807) is 6.20 Å². The van der Waals surface area contributed by atoms with Crippen LogP contribution in [0.5, 0.6) is 0 Å². The lowest BCUT2D eigenvalue weighted by atomic mass is 9.76. The molecule has 1 heterocycles. The van der Waals surface area contributed by atoms with Crippen molar-refractivity contribution in [1.29, 1.82) is 0 Å². The Morgan fingerprint density at radius 1 is 1.39 bits per heavy atom. The summed E-state index contributed by atoms with van der Waals surface area (Å²) in [5.41, 5.74) is 2.36. The monoisotopic (exact) mass is 242 g/mol. The third kappa shape index (κ3) is 1.66. The Morgan fingerprint density at radius 2 is 2.22 bits per heavy atom. The normalized spacial score (nSPS) is 22.8. The molecule has 1 atom stereocenters. The van der Waals surface area contributed by atoms with Gasteiger partial charge in [0, 0.05) is 18.3 Å². The Labute approximate surface area is 107 Å². The van der Waals surface area contributed by atoms with Crippen LogP contribution in [-0.4, -0.2) is 14.9 Å². The van der Waals surface area contributed by atoms with Gasteiger partial charge >= 0.3 is 0 Å². The molecule has 1 unspecified atom stereocenters. The number of nitrogens with zero attached hydrogens (tertiary/aromatic N) is 2. The van der Waals surface area contributed by atoms with Gasteiger partial charge < -0.3 is 5.11 Å². The first-order chi connectivity index (χ1) is 8.74. The van der Waals surface area contributed by atoms with Gasteiger partial charge in [-0.1, -0.05) is 24.3 Å². The Balaban J connectivity index is 2.10. The molecule has 3 heteroatoms. The van der Waals surface area contributed by atoms with Crippen molar-refractivity contribution in [1.82, 2.24) is 9.78 Å². The summed E-state index contributed by atoms with van der Waals surface area (Å²) in [6.07, 6.45) is 6.61. The summed E-state index contributed by atoms with van der Waals surface area (Å²) in [5.74, 6) is 0. The quantitative estimate of drug-likeness (QED) is 0.878. The maximum atomic E-state index is 11.1. The molecule has 0 fully saturated rings. The topological polar surface area (TPSA) is 38.0 Å². The maximum Gasteiger partial charge on any atom is 0.118 e. The average molecular weight is 242 g/mol. The second kappa shape index (κ2) is 4.25. The van der Waals surface area contributed by atoms with Crippen molar-refractivity contribution in [2.75, 3.05) is 0 Å². The molecule has 0 saturated carbocycles. The number of benzene rings is 1. The van der Waals surface area contributed by atoms with Crippen molar-refractivity contribution in [2.45, 2.75) is 38.3 Å². The molecule has 0 saturated heterocycles. The summed E-state index contributed by atoms with van der Waals surface area (Å²) in [7, 11) is 0. The fourth-order valence-corrected chi connectivity index (χ4v) is 2.86. The van der Waals surface area contributed by atoms with Crippen LogP contribution in [-0.2, 0) is 18.6 Å². The Kier molecular flexibility index (Phi) is 2.71. The van der Waals surface area contributed by atoms with Crippen molar-refractivity contribution in [3.05, 3.63) is 53.3 Å². The van der Waals surface area contributed by atoms with Crippen LogP contribution >= 0.6 is 0 Å². The molecule has 1 aliphatic rings. The zero-order valence-electron chi connectivity index (χ0n) is 10.6. The van der Waals surface area contributed by atoms with Gasteiger partial charge in [0.1, 0.15) is 5.60 Å². The van der Waals surface area contributed by atoms with Crippen LogP contribution in [0.15, 0.2) is 36.7 Å². The highest BCUT2D eigenvalue weighted by Gasteiger charge is 2.36. The molecule has 1 N–H and O–H groups in total. The van der Waals surface area contributed by atoms with Crippen LogP contribution in [0, 0.1) is 0 Å². The molecular weight excluding hydrogens is 224 g/mol. The molecule has 1 aromatic carbocycles. The Hall–Kier alpha value is -1.61. The zero-order valence-corrected chi connectivity index (χ0v) is 10.6. The number of aryl methyl sites for hydroxylation is 2. The van der Waals surface area contributed by atoms with Crippen molar-refractivity contribution in [3.8, 4) is 0 Å². The number of fused-ring (bicyclic) bond motifs is 1. The van der Waals surface area contributed by atoms with Crippen LogP contribution in [0.3, 0.4) is 0 Å². The highest BCUT2D eigenvalue weighted by molar-refractivity contribution is 5.41. The number of aliphatic hydroxyl groups is 1. The van der Waals surface area contributed by atoms with Gasteiger partial charge in [-0.15, -0.1) is 0 Å². The number of aromatic nitrogens is 2. The van der Waals surface area contributed by atoms with E-state index in [2.05, 4.69) is 18.1 Å². The van der Waals surface area contributed by atoms with Crippen LogP contribution in [0.1, 0.15) is 36.5 Å². The molecule has 94 valence electrons. The van der Waals surface area contributed by atoms with E-state index in [9.17, 15) is 5.11 Å².